The van der Waals surface area contributed by atoms with Crippen molar-refractivity contribution in [1.29, 1.82) is 0 Å². The summed E-state index contributed by atoms with van der Waals surface area (Å²) in [5.41, 5.74) is 4.57. The van der Waals surface area contributed by atoms with Crippen LogP contribution in [0.25, 0.3) is 10.1 Å². The van der Waals surface area contributed by atoms with Crippen molar-refractivity contribution in [2.75, 3.05) is 19.6 Å². The minimum absolute atomic E-state index is 0.101. The summed E-state index contributed by atoms with van der Waals surface area (Å²) in [4.78, 5) is 16.8. The van der Waals surface area contributed by atoms with Gasteiger partial charge in [0.2, 0.25) is 5.78 Å². The Labute approximate surface area is 216 Å². The number of nitrogens with zero attached hydrogens (tertiary/aromatic N) is 1. The number of thiophene rings is 1. The van der Waals surface area contributed by atoms with Gasteiger partial charge in [0.25, 0.3) is 0 Å². The molecule has 3 aromatic carbocycles. The maximum Gasteiger partial charge on any atom is 0.203 e. The van der Waals surface area contributed by atoms with Gasteiger partial charge < -0.3 is 10.0 Å². The Morgan fingerprint density at radius 1 is 1.08 bits per heavy atom. The van der Waals surface area contributed by atoms with Gasteiger partial charge in [0.15, 0.2) is 0 Å². The van der Waals surface area contributed by atoms with Crippen LogP contribution in [0, 0.1) is 18.7 Å². The van der Waals surface area contributed by atoms with Crippen molar-refractivity contribution in [3.05, 3.63) is 99.2 Å². The summed E-state index contributed by atoms with van der Waals surface area (Å²) < 4.78 is 14.5. The van der Waals surface area contributed by atoms with E-state index < -0.39 is 0 Å². The molecule has 0 saturated carbocycles. The Hall–Kier alpha value is -3.02. The predicted molar refractivity (Wildman–Crippen MR) is 146 cm³/mol. The van der Waals surface area contributed by atoms with Crippen molar-refractivity contribution < 1.29 is 14.3 Å². The van der Waals surface area contributed by atoms with Crippen LogP contribution >= 0.6 is 11.3 Å². The molecule has 0 bridgehead atoms. The van der Waals surface area contributed by atoms with Gasteiger partial charge in [-0.3, -0.25) is 4.79 Å². The van der Waals surface area contributed by atoms with Crippen LogP contribution in [0.15, 0.2) is 60.7 Å². The standard InChI is InChI=1S/C31H32FNO2S/c1-20-13-15-33(19-20)14-3-4-22-5-7-23(8-6-22)17-28-27-12-10-25(34)18-29(27)36-31(28)30(35)26-11-9-24(32)16-21(26)2/h5-12,16,18,20,34H,3-4,13-15,17,19H2,1-2H3. The van der Waals surface area contributed by atoms with E-state index in [9.17, 15) is 14.3 Å². The zero-order valence-corrected chi connectivity index (χ0v) is 21.7. The second kappa shape index (κ2) is 10.5. The van der Waals surface area contributed by atoms with E-state index in [-0.39, 0.29) is 17.3 Å². The van der Waals surface area contributed by atoms with Crippen LogP contribution < -0.4 is 0 Å². The SMILES string of the molecule is Cc1cc(F)ccc1C(=O)c1sc2cc(O)ccc2c1Cc1ccc(CCCN2CCC(C)C2)cc1. The van der Waals surface area contributed by atoms with Crippen molar-refractivity contribution in [2.24, 2.45) is 5.92 Å². The number of phenolic OH excluding ortho intramolecular Hbond substituents is 1. The number of fused-ring (bicyclic) bond motifs is 1. The van der Waals surface area contributed by atoms with Crippen LogP contribution in [-0.4, -0.2) is 35.4 Å². The van der Waals surface area contributed by atoms with Gasteiger partial charge >= 0.3 is 0 Å². The number of rotatable bonds is 8. The van der Waals surface area contributed by atoms with E-state index in [0.29, 0.717) is 22.4 Å². The van der Waals surface area contributed by atoms with Crippen LogP contribution in [0.3, 0.4) is 0 Å². The molecule has 5 heteroatoms. The summed E-state index contributed by atoms with van der Waals surface area (Å²) in [6.07, 6.45) is 4.18. The molecule has 0 radical (unpaired) electrons. The van der Waals surface area contributed by atoms with Gasteiger partial charge in [-0.25, -0.2) is 4.39 Å². The number of benzene rings is 3. The fraction of sp³-hybridized carbons (Fsp3) is 0.323. The van der Waals surface area contributed by atoms with Crippen molar-refractivity contribution in [3.8, 4) is 5.75 Å². The number of ketones is 1. The molecule has 1 saturated heterocycles. The summed E-state index contributed by atoms with van der Waals surface area (Å²) >= 11 is 1.39. The Bertz CT molecular complexity index is 1390. The molecule has 1 fully saturated rings. The molecule has 1 atom stereocenters. The van der Waals surface area contributed by atoms with E-state index in [0.717, 1.165) is 40.1 Å². The first-order valence-electron chi connectivity index (χ1n) is 12.7. The Kier molecular flexibility index (Phi) is 7.22. The number of hydrogen-bond acceptors (Lipinski definition) is 4. The molecule has 0 amide bonds. The number of halogens is 1. The highest BCUT2D eigenvalue weighted by molar-refractivity contribution is 7.21. The number of carbonyl (C=O) groups is 1. The highest BCUT2D eigenvalue weighted by atomic mass is 32.1. The lowest BCUT2D eigenvalue weighted by Gasteiger charge is -2.14. The number of phenols is 1. The topological polar surface area (TPSA) is 40.5 Å². The number of hydrogen-bond donors (Lipinski definition) is 1. The average Bonchev–Trinajstić information content (AvgIpc) is 3.42. The second-order valence-corrected chi connectivity index (χ2v) is 11.2. The van der Waals surface area contributed by atoms with Gasteiger partial charge in [-0.15, -0.1) is 11.3 Å². The monoisotopic (exact) mass is 501 g/mol. The molecule has 186 valence electrons. The van der Waals surface area contributed by atoms with E-state index in [2.05, 4.69) is 36.1 Å². The van der Waals surface area contributed by atoms with Crippen LogP contribution in [-0.2, 0) is 12.8 Å². The maximum absolute atomic E-state index is 13.7. The molecule has 2 heterocycles. The molecule has 5 rings (SSSR count). The summed E-state index contributed by atoms with van der Waals surface area (Å²) in [6, 6.07) is 18.3. The van der Waals surface area contributed by atoms with Crippen LogP contribution in [0.1, 0.15) is 57.3 Å². The Morgan fingerprint density at radius 2 is 1.86 bits per heavy atom. The molecular formula is C31H32FNO2S. The molecule has 1 aromatic heterocycles. The summed E-state index contributed by atoms with van der Waals surface area (Å²) in [5.74, 6) is 0.557. The molecule has 1 aliphatic heterocycles. The predicted octanol–water partition coefficient (Wildman–Crippen LogP) is 7.15. The smallest absolute Gasteiger partial charge is 0.203 e. The van der Waals surface area contributed by atoms with E-state index >= 15 is 0 Å². The second-order valence-electron chi connectivity index (χ2n) is 10.2. The first kappa shape index (κ1) is 24.7. The number of carbonyl (C=O) groups excluding carboxylic acids is 1. The quantitative estimate of drug-likeness (QED) is 0.261. The highest BCUT2D eigenvalue weighted by Crippen LogP contribution is 2.37. The van der Waals surface area contributed by atoms with Gasteiger partial charge in [-0.1, -0.05) is 31.2 Å². The lowest BCUT2D eigenvalue weighted by atomic mass is 9.96. The lowest BCUT2D eigenvalue weighted by Crippen LogP contribution is -2.21. The third-order valence-electron chi connectivity index (χ3n) is 7.27. The molecule has 0 aliphatic carbocycles. The average molecular weight is 502 g/mol. The molecule has 1 aliphatic rings. The zero-order valence-electron chi connectivity index (χ0n) is 20.9. The van der Waals surface area contributed by atoms with Gasteiger partial charge in [0, 0.05) is 16.8 Å². The third-order valence-corrected chi connectivity index (χ3v) is 8.46. The summed E-state index contributed by atoms with van der Waals surface area (Å²) in [6.45, 7) is 7.71. The largest absolute Gasteiger partial charge is 0.508 e. The van der Waals surface area contributed by atoms with Crippen molar-refractivity contribution >= 4 is 27.2 Å². The first-order valence-corrected chi connectivity index (χ1v) is 13.5. The normalized spacial score (nSPS) is 16.1. The van der Waals surface area contributed by atoms with Gasteiger partial charge in [0.1, 0.15) is 11.6 Å². The van der Waals surface area contributed by atoms with Gasteiger partial charge in [-0.2, -0.15) is 0 Å². The van der Waals surface area contributed by atoms with Gasteiger partial charge in [0.05, 0.1) is 4.88 Å². The number of aromatic hydroxyl groups is 1. The van der Waals surface area contributed by atoms with Crippen molar-refractivity contribution in [1.82, 2.24) is 4.90 Å². The fourth-order valence-corrected chi connectivity index (χ4v) is 6.47. The zero-order chi connectivity index (χ0) is 25.2. The molecule has 1 N–H and O–H groups in total. The molecule has 1 unspecified atom stereocenters. The fourth-order valence-electron chi connectivity index (χ4n) is 5.27. The molecular weight excluding hydrogens is 469 g/mol. The van der Waals surface area contributed by atoms with Crippen LogP contribution in [0.4, 0.5) is 4.39 Å². The number of likely N-dealkylation sites (tertiary alicyclic amines) is 1. The Morgan fingerprint density at radius 3 is 2.58 bits per heavy atom. The molecule has 3 nitrogen and oxygen atoms in total. The molecule has 4 aromatic rings. The van der Waals surface area contributed by atoms with Crippen molar-refractivity contribution in [3.63, 3.8) is 0 Å². The van der Waals surface area contributed by atoms with Gasteiger partial charge in [-0.05, 0) is 116 Å². The molecule has 36 heavy (non-hydrogen) atoms. The van der Waals surface area contributed by atoms with Crippen molar-refractivity contribution in [2.45, 2.75) is 39.5 Å². The maximum atomic E-state index is 13.7. The summed E-state index contributed by atoms with van der Waals surface area (Å²) in [5, 5.41) is 11.0. The Balaban J connectivity index is 1.37. The minimum Gasteiger partial charge on any atom is -0.508 e. The highest BCUT2D eigenvalue weighted by Gasteiger charge is 2.22. The first-order chi connectivity index (χ1) is 17.4. The lowest BCUT2D eigenvalue weighted by molar-refractivity contribution is 0.104. The number of aryl methyl sites for hydroxylation is 2. The van der Waals surface area contributed by atoms with E-state index in [1.807, 2.05) is 6.07 Å². The van der Waals surface area contributed by atoms with Crippen LogP contribution in [0.2, 0.25) is 0 Å². The minimum atomic E-state index is -0.347. The van der Waals surface area contributed by atoms with E-state index in [1.165, 1.54) is 55.0 Å². The van der Waals surface area contributed by atoms with E-state index in [1.54, 1.807) is 25.1 Å². The third kappa shape index (κ3) is 5.37. The van der Waals surface area contributed by atoms with E-state index in [4.69, 9.17) is 0 Å². The van der Waals surface area contributed by atoms with Crippen LogP contribution in [0.5, 0.6) is 5.75 Å². The summed E-state index contributed by atoms with van der Waals surface area (Å²) in [7, 11) is 0. The molecule has 0 spiro atoms.